The highest BCUT2D eigenvalue weighted by Crippen LogP contribution is 2.39. The van der Waals surface area contributed by atoms with Gasteiger partial charge in [-0.15, -0.1) is 22.7 Å². The van der Waals surface area contributed by atoms with E-state index >= 15 is 0 Å². The van der Waals surface area contributed by atoms with E-state index in [2.05, 4.69) is 10.3 Å². The molecule has 0 aliphatic carbocycles. The lowest BCUT2D eigenvalue weighted by molar-refractivity contribution is -0.121. The van der Waals surface area contributed by atoms with Crippen molar-refractivity contribution in [3.8, 4) is 11.3 Å². The predicted molar refractivity (Wildman–Crippen MR) is 112 cm³/mol. The van der Waals surface area contributed by atoms with Gasteiger partial charge in [0.25, 0.3) is 5.91 Å². The smallest absolute Gasteiger partial charge is 0.257 e. The first-order valence-corrected chi connectivity index (χ1v) is 10.6. The maximum absolute atomic E-state index is 12.6. The summed E-state index contributed by atoms with van der Waals surface area (Å²) in [6, 6.07) is 8.10. The molecule has 0 unspecified atom stereocenters. The van der Waals surface area contributed by atoms with Gasteiger partial charge in [-0.05, 0) is 24.3 Å². The van der Waals surface area contributed by atoms with E-state index in [0.717, 1.165) is 4.90 Å². The predicted octanol–water partition coefficient (Wildman–Crippen LogP) is 5.08. The molecule has 3 aromatic rings. The Morgan fingerprint density at radius 3 is 2.57 bits per heavy atom. The molecule has 3 amide bonds. The van der Waals surface area contributed by atoms with Gasteiger partial charge in [0.2, 0.25) is 11.8 Å². The van der Waals surface area contributed by atoms with Crippen LogP contribution in [0.1, 0.15) is 23.2 Å². The highest BCUT2D eigenvalue weighted by molar-refractivity contribution is 7.20. The van der Waals surface area contributed by atoms with Gasteiger partial charge < -0.3 is 0 Å². The Bertz CT molecular complexity index is 1090. The molecule has 0 atom stereocenters. The Morgan fingerprint density at radius 1 is 1.14 bits per heavy atom. The minimum absolute atomic E-state index is 0.187. The van der Waals surface area contributed by atoms with Crippen molar-refractivity contribution in [2.24, 2.45) is 0 Å². The van der Waals surface area contributed by atoms with E-state index in [1.165, 1.54) is 28.7 Å². The number of hydrogen-bond acceptors (Lipinski definition) is 6. The molecule has 3 heterocycles. The zero-order valence-electron chi connectivity index (χ0n) is 14.1. The molecule has 0 radical (unpaired) electrons. The van der Waals surface area contributed by atoms with Crippen molar-refractivity contribution in [3.63, 3.8) is 0 Å². The summed E-state index contributed by atoms with van der Waals surface area (Å²) in [6.45, 7) is 0. The average Bonchev–Trinajstić information content (AvgIpc) is 3.34. The number of amides is 3. The van der Waals surface area contributed by atoms with Gasteiger partial charge in [-0.1, -0.05) is 29.3 Å². The Labute approximate surface area is 177 Å². The molecule has 4 rings (SSSR count). The number of benzene rings is 1. The molecule has 0 saturated carbocycles. The van der Waals surface area contributed by atoms with E-state index < -0.39 is 5.91 Å². The molecule has 1 aromatic carbocycles. The molecular formula is C18H11Cl2N3O3S2. The van der Waals surface area contributed by atoms with Crippen LogP contribution in [0.15, 0.2) is 35.7 Å². The third-order valence-corrected chi connectivity index (χ3v) is 6.32. The molecule has 28 heavy (non-hydrogen) atoms. The lowest BCUT2D eigenvalue weighted by Crippen LogP contribution is -2.28. The van der Waals surface area contributed by atoms with E-state index in [1.807, 2.05) is 0 Å². The second-order valence-electron chi connectivity index (χ2n) is 5.90. The number of anilines is 2. The minimum atomic E-state index is -0.392. The second-order valence-corrected chi connectivity index (χ2v) is 9.05. The third kappa shape index (κ3) is 3.68. The fraction of sp³-hybridized carbons (Fsp3) is 0.111. The quantitative estimate of drug-likeness (QED) is 0.560. The molecule has 10 heteroatoms. The molecular weight excluding hydrogens is 441 g/mol. The van der Waals surface area contributed by atoms with Gasteiger partial charge in [0, 0.05) is 29.3 Å². The van der Waals surface area contributed by atoms with Crippen LogP contribution in [0.3, 0.4) is 0 Å². The lowest BCUT2D eigenvalue weighted by atomic mass is 10.2. The Balaban J connectivity index is 1.53. The molecule has 1 aliphatic rings. The summed E-state index contributed by atoms with van der Waals surface area (Å²) in [6.07, 6.45) is 0.374. The van der Waals surface area contributed by atoms with Gasteiger partial charge in [-0.2, -0.15) is 0 Å². The van der Waals surface area contributed by atoms with Crippen LogP contribution in [0.5, 0.6) is 0 Å². The maximum atomic E-state index is 12.6. The van der Waals surface area contributed by atoms with E-state index in [1.54, 1.807) is 29.6 Å². The van der Waals surface area contributed by atoms with Crippen molar-refractivity contribution < 1.29 is 14.4 Å². The highest BCUT2D eigenvalue weighted by atomic mass is 35.5. The number of halogens is 2. The number of thiophene rings is 1. The number of hydrogen-bond donors (Lipinski definition) is 1. The Hall–Kier alpha value is -2.26. The molecule has 1 aliphatic heterocycles. The zero-order valence-corrected chi connectivity index (χ0v) is 17.2. The Kier molecular flexibility index (Phi) is 5.20. The van der Waals surface area contributed by atoms with Crippen LogP contribution in [0.4, 0.5) is 10.8 Å². The first-order valence-electron chi connectivity index (χ1n) is 8.10. The molecule has 0 spiro atoms. The summed E-state index contributed by atoms with van der Waals surface area (Å²) >= 11 is 14.6. The molecule has 6 nitrogen and oxygen atoms in total. The minimum Gasteiger partial charge on any atom is -0.298 e. The summed E-state index contributed by atoms with van der Waals surface area (Å²) < 4.78 is 1.09. The largest absolute Gasteiger partial charge is 0.298 e. The van der Waals surface area contributed by atoms with Gasteiger partial charge in [0.05, 0.1) is 15.7 Å². The van der Waals surface area contributed by atoms with Crippen molar-refractivity contribution in [2.75, 3.05) is 10.2 Å². The van der Waals surface area contributed by atoms with Crippen LogP contribution >= 0.6 is 45.9 Å². The van der Waals surface area contributed by atoms with Gasteiger partial charge in [-0.25, -0.2) is 4.98 Å². The van der Waals surface area contributed by atoms with Gasteiger partial charge >= 0.3 is 0 Å². The Morgan fingerprint density at radius 2 is 1.89 bits per heavy atom. The maximum Gasteiger partial charge on any atom is 0.257 e. The average molecular weight is 452 g/mol. The van der Waals surface area contributed by atoms with Gasteiger partial charge in [0.1, 0.15) is 4.34 Å². The fourth-order valence-electron chi connectivity index (χ4n) is 2.79. The first-order chi connectivity index (χ1) is 13.4. The summed E-state index contributed by atoms with van der Waals surface area (Å²) in [5.74, 6) is -0.923. The number of nitrogens with zero attached hydrogens (tertiary/aromatic N) is 2. The zero-order chi connectivity index (χ0) is 19.8. The van der Waals surface area contributed by atoms with Crippen molar-refractivity contribution in [2.45, 2.75) is 12.8 Å². The summed E-state index contributed by atoms with van der Waals surface area (Å²) in [4.78, 5) is 41.9. The highest BCUT2D eigenvalue weighted by Gasteiger charge is 2.30. The van der Waals surface area contributed by atoms with Crippen LogP contribution in [0.2, 0.25) is 8.67 Å². The van der Waals surface area contributed by atoms with Crippen LogP contribution in [-0.4, -0.2) is 22.7 Å². The summed E-state index contributed by atoms with van der Waals surface area (Å²) in [5.41, 5.74) is 2.04. The molecule has 1 N–H and O–H groups in total. The van der Waals surface area contributed by atoms with Crippen LogP contribution in [-0.2, 0) is 9.59 Å². The van der Waals surface area contributed by atoms with Crippen molar-refractivity contribution in [1.82, 2.24) is 4.98 Å². The van der Waals surface area contributed by atoms with E-state index in [9.17, 15) is 14.4 Å². The second kappa shape index (κ2) is 7.63. The third-order valence-electron chi connectivity index (χ3n) is 4.08. The summed E-state index contributed by atoms with van der Waals surface area (Å²) in [5, 5.41) is 4.90. The van der Waals surface area contributed by atoms with E-state index in [4.69, 9.17) is 23.2 Å². The van der Waals surface area contributed by atoms with Crippen molar-refractivity contribution in [3.05, 3.63) is 49.9 Å². The molecule has 142 valence electrons. The molecule has 1 saturated heterocycles. The van der Waals surface area contributed by atoms with Gasteiger partial charge in [-0.3, -0.25) is 24.6 Å². The van der Waals surface area contributed by atoms with Gasteiger partial charge in [0.15, 0.2) is 5.13 Å². The molecule has 2 aromatic heterocycles. The number of imide groups is 1. The topological polar surface area (TPSA) is 79.4 Å². The SMILES string of the molecule is O=C(Nc1nc(-c2cc(Cl)sc2Cl)cs1)c1cccc(N2C(=O)CCC2=O)c1. The first kappa shape index (κ1) is 19.1. The lowest BCUT2D eigenvalue weighted by Gasteiger charge is -2.14. The number of rotatable bonds is 4. The number of aromatic nitrogens is 1. The number of thiazole rings is 1. The molecule has 1 fully saturated rings. The van der Waals surface area contributed by atoms with Crippen LogP contribution < -0.4 is 10.2 Å². The number of nitrogens with one attached hydrogen (secondary N) is 1. The van der Waals surface area contributed by atoms with E-state index in [0.29, 0.717) is 36.3 Å². The summed E-state index contributed by atoms with van der Waals surface area (Å²) in [7, 11) is 0. The van der Waals surface area contributed by atoms with E-state index in [-0.39, 0.29) is 24.7 Å². The standard InChI is InChI=1S/C18H11Cl2N3O3S2/c19-13-7-11(16(20)28-13)12-8-27-18(21-12)22-17(26)9-2-1-3-10(6-9)23-14(24)4-5-15(23)25/h1-3,6-8H,4-5H2,(H,21,22,26). The number of carbonyl (C=O) groups is 3. The monoisotopic (exact) mass is 451 g/mol. The fourth-order valence-corrected chi connectivity index (χ4v) is 4.98. The van der Waals surface area contributed by atoms with Crippen LogP contribution in [0, 0.1) is 0 Å². The normalized spacial score (nSPS) is 14.0. The molecule has 0 bridgehead atoms. The van der Waals surface area contributed by atoms with Crippen molar-refractivity contribution >= 4 is 74.4 Å². The number of carbonyl (C=O) groups excluding carboxylic acids is 3. The van der Waals surface area contributed by atoms with Crippen LogP contribution in [0.25, 0.3) is 11.3 Å². The van der Waals surface area contributed by atoms with Crippen molar-refractivity contribution in [1.29, 1.82) is 0 Å².